The Morgan fingerprint density at radius 2 is 1.82 bits per heavy atom. The second kappa shape index (κ2) is 9.96. The standard InChI is InChI=1S/C20H22N2O6/c1-4-9-28-19-7-5-14(10-18(19)22(24)25)6-8-20(23)21-15-11-16(26-2)13-17(12-15)27-3/h5-8,10-13H,4,9H2,1-3H3,(H,21,23)/b8-6+. The maximum Gasteiger partial charge on any atom is 0.311 e. The summed E-state index contributed by atoms with van der Waals surface area (Å²) in [7, 11) is 3.03. The molecule has 1 amide bonds. The maximum absolute atomic E-state index is 12.2. The lowest BCUT2D eigenvalue weighted by molar-refractivity contribution is -0.385. The van der Waals surface area contributed by atoms with E-state index < -0.39 is 10.8 Å². The molecule has 2 rings (SSSR count). The van der Waals surface area contributed by atoms with Gasteiger partial charge in [0.05, 0.1) is 25.7 Å². The molecule has 0 saturated carbocycles. The number of rotatable bonds is 9. The largest absolute Gasteiger partial charge is 0.497 e. The molecule has 2 aromatic rings. The summed E-state index contributed by atoms with van der Waals surface area (Å²) in [4.78, 5) is 22.9. The molecule has 0 aliphatic rings. The molecule has 0 bridgehead atoms. The molecule has 0 radical (unpaired) electrons. The van der Waals surface area contributed by atoms with Crippen LogP contribution in [0.4, 0.5) is 11.4 Å². The van der Waals surface area contributed by atoms with Crippen LogP contribution >= 0.6 is 0 Å². The fourth-order valence-corrected chi connectivity index (χ4v) is 2.35. The van der Waals surface area contributed by atoms with Crippen LogP contribution in [-0.4, -0.2) is 31.7 Å². The predicted octanol–water partition coefficient (Wildman–Crippen LogP) is 4.05. The highest BCUT2D eigenvalue weighted by Crippen LogP contribution is 2.29. The van der Waals surface area contributed by atoms with E-state index >= 15 is 0 Å². The first kappa shape index (κ1) is 20.8. The summed E-state index contributed by atoms with van der Waals surface area (Å²) in [5.74, 6) is 0.884. The van der Waals surface area contributed by atoms with Gasteiger partial charge in [0.1, 0.15) is 11.5 Å². The van der Waals surface area contributed by atoms with Crippen LogP contribution < -0.4 is 19.5 Å². The third-order valence-corrected chi connectivity index (χ3v) is 3.69. The smallest absolute Gasteiger partial charge is 0.311 e. The lowest BCUT2D eigenvalue weighted by Gasteiger charge is -2.08. The Kier molecular flexibility index (Phi) is 7.38. The first-order chi connectivity index (χ1) is 13.5. The molecule has 2 aromatic carbocycles. The van der Waals surface area contributed by atoms with Crippen molar-refractivity contribution in [2.45, 2.75) is 13.3 Å². The number of amides is 1. The van der Waals surface area contributed by atoms with Crippen molar-refractivity contribution >= 4 is 23.4 Å². The SMILES string of the molecule is CCCOc1ccc(/C=C/C(=O)Nc2cc(OC)cc(OC)c2)cc1[N+](=O)[O-]. The Labute approximate surface area is 162 Å². The van der Waals surface area contributed by atoms with Crippen LogP contribution in [0.1, 0.15) is 18.9 Å². The molecule has 0 fully saturated rings. The Bertz CT molecular complexity index is 857. The lowest BCUT2D eigenvalue weighted by Crippen LogP contribution is -2.08. The summed E-state index contributed by atoms with van der Waals surface area (Å²) in [5.41, 5.74) is 0.864. The van der Waals surface area contributed by atoms with Crippen molar-refractivity contribution < 1.29 is 23.9 Å². The number of anilines is 1. The topological polar surface area (TPSA) is 99.9 Å². The number of benzene rings is 2. The van der Waals surface area contributed by atoms with Crippen LogP contribution in [0, 0.1) is 10.1 Å². The zero-order chi connectivity index (χ0) is 20.5. The van der Waals surface area contributed by atoms with Gasteiger partial charge in [0.2, 0.25) is 5.91 Å². The van der Waals surface area contributed by atoms with Gasteiger partial charge >= 0.3 is 5.69 Å². The van der Waals surface area contributed by atoms with Crippen molar-refractivity contribution in [2.24, 2.45) is 0 Å². The molecular weight excluding hydrogens is 364 g/mol. The van der Waals surface area contributed by atoms with Crippen molar-refractivity contribution in [2.75, 3.05) is 26.1 Å². The summed E-state index contributed by atoms with van der Waals surface area (Å²) in [5, 5.41) is 13.9. The van der Waals surface area contributed by atoms with E-state index in [1.807, 2.05) is 6.92 Å². The third kappa shape index (κ3) is 5.73. The van der Waals surface area contributed by atoms with E-state index in [-0.39, 0.29) is 11.4 Å². The van der Waals surface area contributed by atoms with Crippen molar-refractivity contribution in [3.8, 4) is 17.2 Å². The van der Waals surface area contributed by atoms with Gasteiger partial charge in [-0.05, 0) is 24.1 Å². The van der Waals surface area contributed by atoms with E-state index in [0.717, 1.165) is 6.42 Å². The first-order valence-corrected chi connectivity index (χ1v) is 8.60. The van der Waals surface area contributed by atoms with E-state index in [1.54, 1.807) is 24.3 Å². The van der Waals surface area contributed by atoms with E-state index in [0.29, 0.717) is 29.4 Å². The number of methoxy groups -OCH3 is 2. The highest BCUT2D eigenvalue weighted by molar-refractivity contribution is 6.02. The van der Waals surface area contributed by atoms with Crippen molar-refractivity contribution in [1.29, 1.82) is 0 Å². The predicted molar refractivity (Wildman–Crippen MR) is 106 cm³/mol. The number of hydrogen-bond acceptors (Lipinski definition) is 6. The number of nitrogens with one attached hydrogen (secondary N) is 1. The summed E-state index contributed by atoms with van der Waals surface area (Å²) < 4.78 is 15.7. The average molecular weight is 386 g/mol. The number of carbonyl (C=O) groups is 1. The second-order valence-corrected chi connectivity index (χ2v) is 5.76. The van der Waals surface area contributed by atoms with Crippen LogP contribution in [0.25, 0.3) is 6.08 Å². The number of hydrogen-bond donors (Lipinski definition) is 1. The number of nitro groups is 1. The van der Waals surface area contributed by atoms with Gasteiger partial charge in [0, 0.05) is 36.0 Å². The van der Waals surface area contributed by atoms with Crippen molar-refractivity contribution in [3.05, 3.63) is 58.2 Å². The quantitative estimate of drug-likeness (QED) is 0.396. The average Bonchev–Trinajstić information content (AvgIpc) is 2.70. The lowest BCUT2D eigenvalue weighted by atomic mass is 10.1. The first-order valence-electron chi connectivity index (χ1n) is 8.60. The Hall–Kier alpha value is -3.55. The van der Waals surface area contributed by atoms with E-state index in [4.69, 9.17) is 14.2 Å². The highest BCUT2D eigenvalue weighted by atomic mass is 16.6. The van der Waals surface area contributed by atoms with Crippen LogP contribution in [0.15, 0.2) is 42.5 Å². The molecule has 28 heavy (non-hydrogen) atoms. The molecule has 0 heterocycles. The summed E-state index contributed by atoms with van der Waals surface area (Å²) in [6.07, 6.45) is 3.52. The number of ether oxygens (including phenoxy) is 3. The molecule has 0 aromatic heterocycles. The molecule has 148 valence electrons. The number of nitrogens with zero attached hydrogens (tertiary/aromatic N) is 1. The van der Waals surface area contributed by atoms with Gasteiger partial charge < -0.3 is 19.5 Å². The van der Waals surface area contributed by atoms with E-state index in [2.05, 4.69) is 5.32 Å². The minimum atomic E-state index is -0.509. The fraction of sp³-hybridized carbons (Fsp3) is 0.250. The van der Waals surface area contributed by atoms with Gasteiger partial charge in [-0.15, -0.1) is 0 Å². The molecule has 0 unspecified atom stereocenters. The summed E-state index contributed by atoms with van der Waals surface area (Å²) in [6, 6.07) is 9.53. The molecule has 0 aliphatic heterocycles. The third-order valence-electron chi connectivity index (χ3n) is 3.69. The van der Waals surface area contributed by atoms with Crippen LogP contribution in [-0.2, 0) is 4.79 Å². The molecule has 0 aliphatic carbocycles. The maximum atomic E-state index is 12.2. The molecule has 0 spiro atoms. The summed E-state index contributed by atoms with van der Waals surface area (Å²) in [6.45, 7) is 2.31. The van der Waals surface area contributed by atoms with Crippen LogP contribution in [0.5, 0.6) is 17.2 Å². The molecule has 1 N–H and O–H groups in total. The highest BCUT2D eigenvalue weighted by Gasteiger charge is 2.15. The van der Waals surface area contributed by atoms with Crippen LogP contribution in [0.2, 0.25) is 0 Å². The summed E-state index contributed by atoms with van der Waals surface area (Å²) >= 11 is 0. The van der Waals surface area contributed by atoms with E-state index in [1.165, 1.54) is 38.5 Å². The van der Waals surface area contributed by atoms with Gasteiger partial charge in [0.15, 0.2) is 5.75 Å². The molecule has 8 heteroatoms. The number of carbonyl (C=O) groups excluding carboxylic acids is 1. The van der Waals surface area contributed by atoms with Crippen molar-refractivity contribution in [1.82, 2.24) is 0 Å². The molecule has 8 nitrogen and oxygen atoms in total. The van der Waals surface area contributed by atoms with Gasteiger partial charge in [-0.3, -0.25) is 14.9 Å². The van der Waals surface area contributed by atoms with Gasteiger partial charge in [-0.1, -0.05) is 13.0 Å². The monoisotopic (exact) mass is 386 g/mol. The fourth-order valence-electron chi connectivity index (χ4n) is 2.35. The minimum absolute atomic E-state index is 0.145. The van der Waals surface area contributed by atoms with Crippen LogP contribution in [0.3, 0.4) is 0 Å². The minimum Gasteiger partial charge on any atom is -0.497 e. The van der Waals surface area contributed by atoms with E-state index in [9.17, 15) is 14.9 Å². The zero-order valence-electron chi connectivity index (χ0n) is 15.9. The van der Waals surface area contributed by atoms with Gasteiger partial charge in [-0.2, -0.15) is 0 Å². The van der Waals surface area contributed by atoms with Gasteiger partial charge in [-0.25, -0.2) is 0 Å². The zero-order valence-corrected chi connectivity index (χ0v) is 15.9. The second-order valence-electron chi connectivity index (χ2n) is 5.76. The molecule has 0 saturated heterocycles. The Morgan fingerprint density at radius 3 is 2.39 bits per heavy atom. The normalized spacial score (nSPS) is 10.5. The van der Waals surface area contributed by atoms with Gasteiger partial charge in [0.25, 0.3) is 0 Å². The number of nitro benzene ring substituents is 1. The Balaban J connectivity index is 2.13. The molecule has 0 atom stereocenters. The Morgan fingerprint density at radius 1 is 1.14 bits per heavy atom. The molecular formula is C20H22N2O6. The van der Waals surface area contributed by atoms with Crippen molar-refractivity contribution in [3.63, 3.8) is 0 Å².